The molecule has 2 rings (SSSR count). The molecule has 1 aliphatic carbocycles. The highest BCUT2D eigenvalue weighted by atomic mass is 32.2. The van der Waals surface area contributed by atoms with Gasteiger partial charge >= 0.3 is 6.09 Å². The molecule has 0 bridgehead atoms. The van der Waals surface area contributed by atoms with Crippen LogP contribution < -0.4 is 10.6 Å². The fourth-order valence-corrected chi connectivity index (χ4v) is 2.82. The van der Waals surface area contributed by atoms with Crippen molar-refractivity contribution >= 4 is 17.9 Å². The van der Waals surface area contributed by atoms with Gasteiger partial charge in [-0.1, -0.05) is 12.1 Å². The molecule has 2 N–H and O–H groups in total. The van der Waals surface area contributed by atoms with Gasteiger partial charge in [0.2, 0.25) is 0 Å². The van der Waals surface area contributed by atoms with Crippen molar-refractivity contribution in [2.75, 3.05) is 12.8 Å². The molecular formula is C18H28N2O2S. The Bertz CT molecular complexity index is 507. The summed E-state index contributed by atoms with van der Waals surface area (Å²) >= 11 is 1.75. The normalized spacial score (nSPS) is 16.0. The van der Waals surface area contributed by atoms with Crippen LogP contribution in [0.1, 0.15) is 39.2 Å². The highest BCUT2D eigenvalue weighted by Crippen LogP contribution is 2.32. The number of ether oxygens (including phenoxy) is 1. The van der Waals surface area contributed by atoms with E-state index in [1.807, 2.05) is 20.8 Å². The number of rotatable bonds is 7. The molecule has 23 heavy (non-hydrogen) atoms. The van der Waals surface area contributed by atoms with Crippen LogP contribution in [0.3, 0.4) is 0 Å². The number of carbonyl (C=O) groups is 1. The highest BCUT2D eigenvalue weighted by molar-refractivity contribution is 7.98. The topological polar surface area (TPSA) is 50.4 Å². The first-order valence-corrected chi connectivity index (χ1v) is 9.43. The number of amides is 1. The number of alkyl carbamates (subject to hydrolysis) is 1. The summed E-state index contributed by atoms with van der Waals surface area (Å²) in [7, 11) is 0. The molecule has 1 fully saturated rings. The fraction of sp³-hybridized carbons (Fsp3) is 0.611. The van der Waals surface area contributed by atoms with E-state index >= 15 is 0 Å². The summed E-state index contributed by atoms with van der Waals surface area (Å²) in [6.07, 6.45) is 4.13. The molecule has 0 heterocycles. The van der Waals surface area contributed by atoms with Crippen LogP contribution in [-0.4, -0.2) is 30.5 Å². The van der Waals surface area contributed by atoms with Crippen LogP contribution in [0.25, 0.3) is 0 Å². The zero-order chi connectivity index (χ0) is 16.9. The summed E-state index contributed by atoms with van der Waals surface area (Å²) in [5.41, 5.74) is 0.805. The lowest BCUT2D eigenvalue weighted by Crippen LogP contribution is -2.45. The lowest BCUT2D eigenvalue weighted by molar-refractivity contribution is 0.0497. The number of thioether (sulfide) groups is 1. The second kappa shape index (κ2) is 8.06. The predicted octanol–water partition coefficient (Wildman–Crippen LogP) is 3.80. The molecule has 0 aliphatic heterocycles. The summed E-state index contributed by atoms with van der Waals surface area (Å²) < 4.78 is 5.36. The predicted molar refractivity (Wildman–Crippen MR) is 95.8 cm³/mol. The molecule has 4 nitrogen and oxygen atoms in total. The van der Waals surface area contributed by atoms with E-state index in [1.165, 1.54) is 23.3 Å². The molecule has 1 aromatic carbocycles. The first kappa shape index (κ1) is 18.1. The first-order chi connectivity index (χ1) is 10.9. The zero-order valence-corrected chi connectivity index (χ0v) is 15.3. The number of nitrogens with one attached hydrogen (secondary N) is 2. The smallest absolute Gasteiger partial charge is 0.407 e. The minimum absolute atomic E-state index is 0.148. The van der Waals surface area contributed by atoms with Crippen LogP contribution >= 0.6 is 11.8 Å². The summed E-state index contributed by atoms with van der Waals surface area (Å²) in [6.45, 7) is 7.24. The molecule has 1 atom stereocenters. The van der Waals surface area contributed by atoms with E-state index in [-0.39, 0.29) is 12.1 Å². The minimum atomic E-state index is -0.454. The summed E-state index contributed by atoms with van der Waals surface area (Å²) in [5, 5.41) is 6.46. The van der Waals surface area contributed by atoms with Crippen LogP contribution in [0, 0.1) is 5.92 Å². The molecule has 1 aromatic rings. The third-order valence-corrected chi connectivity index (χ3v) is 4.49. The molecule has 1 amide bonds. The van der Waals surface area contributed by atoms with Crippen molar-refractivity contribution in [2.24, 2.45) is 5.92 Å². The van der Waals surface area contributed by atoms with E-state index in [0.29, 0.717) is 5.92 Å². The lowest BCUT2D eigenvalue weighted by atomic mass is 10.1. The Morgan fingerprint density at radius 3 is 2.48 bits per heavy atom. The third kappa shape index (κ3) is 6.83. The molecule has 5 heteroatoms. The number of hydrogen-bond acceptors (Lipinski definition) is 4. The number of carbonyl (C=O) groups excluding carboxylic acids is 1. The standard InChI is InChI=1S/C18H28N2O2S/c1-18(2,3)22-17(21)20-16(14-7-8-14)12-19-11-13-5-9-15(23-4)10-6-13/h5-6,9-10,14,16,19H,7-8,11-12H2,1-4H3,(H,20,21). The van der Waals surface area contributed by atoms with Gasteiger partial charge in [-0.2, -0.15) is 0 Å². The van der Waals surface area contributed by atoms with E-state index < -0.39 is 5.60 Å². The van der Waals surface area contributed by atoms with Gasteiger partial charge < -0.3 is 15.4 Å². The van der Waals surface area contributed by atoms with E-state index in [0.717, 1.165) is 13.1 Å². The van der Waals surface area contributed by atoms with Gasteiger partial charge in [-0.25, -0.2) is 4.79 Å². The first-order valence-electron chi connectivity index (χ1n) is 8.20. The van der Waals surface area contributed by atoms with Crippen molar-refractivity contribution in [3.05, 3.63) is 29.8 Å². The molecule has 1 saturated carbocycles. The van der Waals surface area contributed by atoms with Gasteiger partial charge in [-0.05, 0) is 63.5 Å². The fourth-order valence-electron chi connectivity index (χ4n) is 2.41. The maximum absolute atomic E-state index is 11.9. The second-order valence-corrected chi connectivity index (χ2v) is 7.95. The van der Waals surface area contributed by atoms with E-state index in [4.69, 9.17) is 4.74 Å². The Kier molecular flexibility index (Phi) is 6.36. The van der Waals surface area contributed by atoms with Crippen molar-refractivity contribution in [2.45, 2.75) is 56.7 Å². The Labute approximate surface area is 143 Å². The maximum Gasteiger partial charge on any atom is 0.407 e. The van der Waals surface area contributed by atoms with Gasteiger partial charge in [0.05, 0.1) is 0 Å². The summed E-state index contributed by atoms with van der Waals surface area (Å²) in [6, 6.07) is 8.71. The minimum Gasteiger partial charge on any atom is -0.444 e. The average molecular weight is 337 g/mol. The van der Waals surface area contributed by atoms with E-state index in [1.54, 1.807) is 11.8 Å². The molecule has 0 spiro atoms. The summed E-state index contributed by atoms with van der Waals surface area (Å²) in [5.74, 6) is 0.578. The number of benzene rings is 1. The number of hydrogen-bond donors (Lipinski definition) is 2. The van der Waals surface area contributed by atoms with E-state index in [9.17, 15) is 4.79 Å². The average Bonchev–Trinajstić information content (AvgIpc) is 3.29. The van der Waals surface area contributed by atoms with Crippen LogP contribution in [0.15, 0.2) is 29.2 Å². The highest BCUT2D eigenvalue weighted by Gasteiger charge is 2.33. The van der Waals surface area contributed by atoms with Crippen molar-refractivity contribution in [3.63, 3.8) is 0 Å². The van der Waals surface area contributed by atoms with Gasteiger partial charge in [-0.15, -0.1) is 11.8 Å². The zero-order valence-electron chi connectivity index (χ0n) is 14.5. The van der Waals surface area contributed by atoms with Crippen molar-refractivity contribution in [1.82, 2.24) is 10.6 Å². The van der Waals surface area contributed by atoms with Gasteiger partial charge in [-0.3, -0.25) is 0 Å². The second-order valence-electron chi connectivity index (χ2n) is 7.07. The van der Waals surface area contributed by atoms with Crippen molar-refractivity contribution < 1.29 is 9.53 Å². The molecule has 0 saturated heterocycles. The summed E-state index contributed by atoms with van der Waals surface area (Å²) in [4.78, 5) is 13.2. The Morgan fingerprint density at radius 1 is 1.30 bits per heavy atom. The van der Waals surface area contributed by atoms with Gasteiger partial charge in [0.1, 0.15) is 5.60 Å². The SMILES string of the molecule is CSc1ccc(CNCC(NC(=O)OC(C)(C)C)C2CC2)cc1. The molecule has 1 aliphatic rings. The molecule has 128 valence electrons. The Hall–Kier alpha value is -1.20. The van der Waals surface area contributed by atoms with Crippen molar-refractivity contribution in [3.8, 4) is 0 Å². The van der Waals surface area contributed by atoms with Crippen LogP contribution in [0.2, 0.25) is 0 Å². The van der Waals surface area contributed by atoms with E-state index in [2.05, 4.69) is 41.2 Å². The van der Waals surface area contributed by atoms with Crippen LogP contribution in [0.5, 0.6) is 0 Å². The largest absolute Gasteiger partial charge is 0.444 e. The van der Waals surface area contributed by atoms with Gasteiger partial charge in [0, 0.05) is 24.0 Å². The van der Waals surface area contributed by atoms with Gasteiger partial charge in [0.15, 0.2) is 0 Å². The molecular weight excluding hydrogens is 308 g/mol. The maximum atomic E-state index is 11.9. The Morgan fingerprint density at radius 2 is 1.96 bits per heavy atom. The molecule has 0 aromatic heterocycles. The van der Waals surface area contributed by atoms with Crippen molar-refractivity contribution in [1.29, 1.82) is 0 Å². The lowest BCUT2D eigenvalue weighted by Gasteiger charge is -2.24. The third-order valence-electron chi connectivity index (χ3n) is 3.75. The molecule has 0 radical (unpaired) electrons. The van der Waals surface area contributed by atoms with Crippen LogP contribution in [-0.2, 0) is 11.3 Å². The van der Waals surface area contributed by atoms with Gasteiger partial charge in [0.25, 0.3) is 0 Å². The molecule has 1 unspecified atom stereocenters. The Balaban J connectivity index is 1.77. The monoisotopic (exact) mass is 336 g/mol. The quantitative estimate of drug-likeness (QED) is 0.744. The van der Waals surface area contributed by atoms with Crippen LogP contribution in [0.4, 0.5) is 4.79 Å².